The van der Waals surface area contributed by atoms with Crippen LogP contribution in [-0.4, -0.2) is 55.7 Å². The van der Waals surface area contributed by atoms with Crippen LogP contribution in [0.3, 0.4) is 0 Å². The Bertz CT molecular complexity index is 707. The Morgan fingerprint density at radius 1 is 1.35 bits per heavy atom. The first kappa shape index (κ1) is 15.9. The average molecular weight is 334 g/mol. The summed E-state index contributed by atoms with van der Waals surface area (Å²) in [4.78, 5) is 20.8. The highest BCUT2D eigenvalue weighted by Crippen LogP contribution is 2.36. The van der Waals surface area contributed by atoms with E-state index in [0.29, 0.717) is 6.54 Å². The lowest BCUT2D eigenvalue weighted by Crippen LogP contribution is -2.51. The molecule has 0 unspecified atom stereocenters. The van der Waals surface area contributed by atoms with E-state index in [1.54, 1.807) is 18.4 Å². The molecule has 1 aromatic heterocycles. The maximum absolute atomic E-state index is 11.9. The van der Waals surface area contributed by atoms with Gasteiger partial charge in [-0.3, -0.25) is 0 Å². The third-order valence-corrected chi connectivity index (χ3v) is 5.33. The van der Waals surface area contributed by atoms with Crippen molar-refractivity contribution in [2.75, 3.05) is 44.7 Å². The van der Waals surface area contributed by atoms with Gasteiger partial charge in [0.1, 0.15) is 11.3 Å². The summed E-state index contributed by atoms with van der Waals surface area (Å²) in [5, 5.41) is 3.86. The molecule has 1 saturated heterocycles. The quantitative estimate of drug-likeness (QED) is 0.937. The zero-order valence-electron chi connectivity index (χ0n) is 13.8. The number of aromatic nitrogens is 1. The van der Waals surface area contributed by atoms with Gasteiger partial charge in [-0.05, 0) is 25.5 Å². The van der Waals surface area contributed by atoms with Gasteiger partial charge in [0.15, 0.2) is 5.13 Å². The van der Waals surface area contributed by atoms with Crippen LogP contribution in [0.15, 0.2) is 12.1 Å². The first-order chi connectivity index (χ1) is 11.1. The Morgan fingerprint density at radius 3 is 2.74 bits per heavy atom. The number of nitrogens with one attached hydrogen (secondary N) is 1. The van der Waals surface area contributed by atoms with Gasteiger partial charge < -0.3 is 19.9 Å². The van der Waals surface area contributed by atoms with Crippen LogP contribution >= 0.6 is 11.3 Å². The van der Waals surface area contributed by atoms with Gasteiger partial charge in [-0.25, -0.2) is 9.78 Å². The van der Waals surface area contributed by atoms with E-state index in [0.717, 1.165) is 42.6 Å². The second-order valence-corrected chi connectivity index (χ2v) is 6.55. The van der Waals surface area contributed by atoms with Gasteiger partial charge in [0.25, 0.3) is 0 Å². The predicted octanol–water partition coefficient (Wildman–Crippen LogP) is 2.46. The monoisotopic (exact) mass is 334 g/mol. The zero-order chi connectivity index (χ0) is 16.4. The number of piperazine rings is 1. The Kier molecular flexibility index (Phi) is 4.56. The molecule has 6 nitrogen and oxygen atoms in total. The predicted molar refractivity (Wildman–Crippen MR) is 93.8 cm³/mol. The molecule has 0 spiro atoms. The Morgan fingerprint density at radius 2 is 2.09 bits per heavy atom. The number of thiazole rings is 1. The number of rotatable bonds is 3. The summed E-state index contributed by atoms with van der Waals surface area (Å²) in [6.07, 6.45) is 0. The molecule has 1 aliphatic rings. The van der Waals surface area contributed by atoms with Crippen molar-refractivity contribution in [3.63, 3.8) is 0 Å². The van der Waals surface area contributed by atoms with Crippen LogP contribution in [0.2, 0.25) is 0 Å². The van der Waals surface area contributed by atoms with Gasteiger partial charge in [0.2, 0.25) is 0 Å². The fraction of sp³-hybridized carbons (Fsp3) is 0.500. The number of carbonyl (C=O) groups excluding carboxylic acids is 1. The molecule has 0 radical (unpaired) electrons. The van der Waals surface area contributed by atoms with Gasteiger partial charge in [-0.2, -0.15) is 0 Å². The SMILES string of the molecule is CCNC(=O)N1CCN(c2nc3c(OC)ccc(C)c3s2)CC1. The highest BCUT2D eigenvalue weighted by atomic mass is 32.1. The fourth-order valence-corrected chi connectivity index (χ4v) is 3.87. The molecule has 124 valence electrons. The molecule has 0 aliphatic carbocycles. The van der Waals surface area contributed by atoms with Crippen LogP contribution < -0.4 is 15.0 Å². The van der Waals surface area contributed by atoms with Crippen molar-refractivity contribution in [2.45, 2.75) is 13.8 Å². The largest absolute Gasteiger partial charge is 0.494 e. The number of ether oxygens (including phenoxy) is 1. The van der Waals surface area contributed by atoms with Gasteiger partial charge in [-0.1, -0.05) is 17.4 Å². The van der Waals surface area contributed by atoms with E-state index in [1.807, 2.05) is 17.9 Å². The summed E-state index contributed by atoms with van der Waals surface area (Å²) < 4.78 is 6.59. The van der Waals surface area contributed by atoms with Gasteiger partial charge in [0, 0.05) is 32.7 Å². The van der Waals surface area contributed by atoms with Gasteiger partial charge in [-0.15, -0.1) is 0 Å². The summed E-state index contributed by atoms with van der Waals surface area (Å²) >= 11 is 1.70. The number of fused-ring (bicyclic) bond motifs is 1. The summed E-state index contributed by atoms with van der Waals surface area (Å²) in [7, 11) is 1.67. The molecule has 7 heteroatoms. The van der Waals surface area contributed by atoms with Crippen molar-refractivity contribution in [1.82, 2.24) is 15.2 Å². The highest BCUT2D eigenvalue weighted by Gasteiger charge is 2.23. The second-order valence-electron chi connectivity index (χ2n) is 5.57. The third-order valence-electron chi connectivity index (χ3n) is 4.08. The molecular formula is C16H22N4O2S. The first-order valence-corrected chi connectivity index (χ1v) is 8.67. The molecule has 2 aromatic rings. The van der Waals surface area contributed by atoms with Crippen molar-refractivity contribution in [3.8, 4) is 5.75 Å². The molecule has 23 heavy (non-hydrogen) atoms. The van der Waals surface area contributed by atoms with Crippen LogP contribution in [0.25, 0.3) is 10.2 Å². The molecule has 0 atom stereocenters. The minimum Gasteiger partial charge on any atom is -0.494 e. The van der Waals surface area contributed by atoms with Crippen molar-refractivity contribution in [2.24, 2.45) is 0 Å². The van der Waals surface area contributed by atoms with E-state index >= 15 is 0 Å². The third kappa shape index (κ3) is 3.06. The number of nitrogens with zero attached hydrogens (tertiary/aromatic N) is 3. The van der Waals surface area contributed by atoms with Crippen molar-refractivity contribution >= 4 is 32.7 Å². The number of aryl methyl sites for hydroxylation is 1. The number of hydrogen-bond acceptors (Lipinski definition) is 5. The van der Waals surface area contributed by atoms with Crippen LogP contribution in [0.5, 0.6) is 5.75 Å². The number of urea groups is 1. The molecule has 2 amide bonds. The van der Waals surface area contributed by atoms with Crippen LogP contribution in [-0.2, 0) is 0 Å². The van der Waals surface area contributed by atoms with Crippen LogP contribution in [0.1, 0.15) is 12.5 Å². The summed E-state index contributed by atoms with van der Waals surface area (Å²) in [5.41, 5.74) is 2.14. The number of hydrogen-bond donors (Lipinski definition) is 1. The minimum absolute atomic E-state index is 0.0222. The number of benzene rings is 1. The normalized spacial score (nSPS) is 15.1. The van der Waals surface area contributed by atoms with Gasteiger partial charge >= 0.3 is 6.03 Å². The molecule has 3 rings (SSSR count). The molecule has 1 fully saturated rings. The smallest absolute Gasteiger partial charge is 0.317 e. The maximum atomic E-state index is 11.9. The van der Waals surface area contributed by atoms with Gasteiger partial charge in [0.05, 0.1) is 11.8 Å². The van der Waals surface area contributed by atoms with E-state index in [-0.39, 0.29) is 6.03 Å². The average Bonchev–Trinajstić information content (AvgIpc) is 3.02. The molecule has 0 saturated carbocycles. The summed E-state index contributed by atoms with van der Waals surface area (Å²) in [6.45, 7) is 7.74. The topological polar surface area (TPSA) is 57.7 Å². The van der Waals surface area contributed by atoms with E-state index in [1.165, 1.54) is 10.3 Å². The summed E-state index contributed by atoms with van der Waals surface area (Å²) in [6, 6.07) is 4.05. The summed E-state index contributed by atoms with van der Waals surface area (Å²) in [5.74, 6) is 0.814. The van der Waals surface area contributed by atoms with Crippen molar-refractivity contribution in [1.29, 1.82) is 0 Å². The van der Waals surface area contributed by atoms with E-state index < -0.39 is 0 Å². The standard InChI is InChI=1S/C16H22N4O2S/c1-4-17-15(21)19-7-9-20(10-8-19)16-18-13-12(22-3)6-5-11(2)14(13)23-16/h5-6H,4,7-10H2,1-3H3,(H,17,21). The Hall–Kier alpha value is -2.02. The first-order valence-electron chi connectivity index (χ1n) is 7.86. The van der Waals surface area contributed by atoms with Crippen LogP contribution in [0, 0.1) is 6.92 Å². The Labute approximate surface area is 140 Å². The van der Waals surface area contributed by atoms with E-state index in [4.69, 9.17) is 9.72 Å². The van der Waals surface area contributed by atoms with Crippen molar-refractivity contribution in [3.05, 3.63) is 17.7 Å². The number of amides is 2. The van der Waals surface area contributed by atoms with Crippen LogP contribution in [0.4, 0.5) is 9.93 Å². The lowest BCUT2D eigenvalue weighted by Gasteiger charge is -2.34. The minimum atomic E-state index is 0.0222. The number of methoxy groups -OCH3 is 1. The second kappa shape index (κ2) is 6.62. The zero-order valence-corrected chi connectivity index (χ0v) is 14.6. The number of carbonyl (C=O) groups is 1. The molecular weight excluding hydrogens is 312 g/mol. The molecule has 1 aromatic carbocycles. The highest BCUT2D eigenvalue weighted by molar-refractivity contribution is 7.22. The molecule has 1 aliphatic heterocycles. The molecule has 2 heterocycles. The fourth-order valence-electron chi connectivity index (χ4n) is 2.76. The molecule has 1 N–H and O–H groups in total. The number of anilines is 1. The molecule has 0 bridgehead atoms. The lowest BCUT2D eigenvalue weighted by atomic mass is 10.2. The Balaban J connectivity index is 1.77. The maximum Gasteiger partial charge on any atom is 0.317 e. The van der Waals surface area contributed by atoms with E-state index in [2.05, 4.69) is 23.2 Å². The van der Waals surface area contributed by atoms with E-state index in [9.17, 15) is 4.79 Å². The lowest BCUT2D eigenvalue weighted by molar-refractivity contribution is 0.195. The van der Waals surface area contributed by atoms with Crippen molar-refractivity contribution < 1.29 is 9.53 Å².